The zero-order chi connectivity index (χ0) is 17.4. The molecule has 0 aliphatic heterocycles. The van der Waals surface area contributed by atoms with E-state index in [0.29, 0.717) is 17.5 Å². The highest BCUT2D eigenvalue weighted by Gasteiger charge is 2.26. The van der Waals surface area contributed by atoms with Gasteiger partial charge in [0.2, 0.25) is 0 Å². The number of halogens is 1. The van der Waals surface area contributed by atoms with E-state index >= 15 is 0 Å². The number of aliphatic hydroxyl groups is 1. The van der Waals surface area contributed by atoms with E-state index in [2.05, 4.69) is 5.32 Å². The van der Waals surface area contributed by atoms with Crippen LogP contribution in [0.15, 0.2) is 18.2 Å². The predicted molar refractivity (Wildman–Crippen MR) is 84.8 cm³/mol. The Labute approximate surface area is 135 Å². The van der Waals surface area contributed by atoms with Crippen molar-refractivity contribution in [1.29, 1.82) is 0 Å². The number of carbonyl (C=O) groups is 2. The van der Waals surface area contributed by atoms with E-state index in [1.807, 2.05) is 6.92 Å². The van der Waals surface area contributed by atoms with Crippen LogP contribution >= 0.6 is 0 Å². The molecule has 0 aliphatic carbocycles. The van der Waals surface area contributed by atoms with E-state index in [1.54, 1.807) is 13.8 Å². The molecule has 1 rings (SSSR count). The lowest BCUT2D eigenvalue weighted by molar-refractivity contribution is -0.143. The van der Waals surface area contributed by atoms with Gasteiger partial charge in [0.15, 0.2) is 5.78 Å². The number of nitrogens with one attached hydrogen (secondary N) is 1. The number of benzene rings is 1. The van der Waals surface area contributed by atoms with E-state index in [1.165, 1.54) is 18.2 Å². The van der Waals surface area contributed by atoms with Gasteiger partial charge in [0.1, 0.15) is 5.82 Å². The van der Waals surface area contributed by atoms with Gasteiger partial charge in [0.05, 0.1) is 25.7 Å². The maximum absolute atomic E-state index is 13.4. The molecule has 0 aromatic heterocycles. The van der Waals surface area contributed by atoms with Gasteiger partial charge in [0, 0.05) is 11.6 Å². The Morgan fingerprint density at radius 2 is 2.04 bits per heavy atom. The molecule has 2 atom stereocenters. The fourth-order valence-electron chi connectivity index (χ4n) is 2.20. The molecule has 23 heavy (non-hydrogen) atoms. The number of hydrogen-bond acceptors (Lipinski definition) is 5. The minimum atomic E-state index is -0.823. The highest BCUT2D eigenvalue weighted by Crippen LogP contribution is 2.13. The zero-order valence-electron chi connectivity index (χ0n) is 13.8. The molecule has 2 unspecified atom stereocenters. The number of aryl methyl sites for hydroxylation is 1. The largest absolute Gasteiger partial charge is 0.466 e. The Balaban J connectivity index is 2.98. The summed E-state index contributed by atoms with van der Waals surface area (Å²) in [6.07, 6.45) is 0.463. The van der Waals surface area contributed by atoms with Crippen LogP contribution in [0.3, 0.4) is 0 Å². The molecule has 0 aliphatic rings. The lowest BCUT2D eigenvalue weighted by atomic mass is 9.98. The summed E-state index contributed by atoms with van der Waals surface area (Å²) in [4.78, 5) is 24.4. The highest BCUT2D eigenvalue weighted by atomic mass is 19.1. The molecular weight excluding hydrogens is 301 g/mol. The van der Waals surface area contributed by atoms with E-state index in [0.717, 1.165) is 0 Å². The van der Waals surface area contributed by atoms with Crippen molar-refractivity contribution in [2.75, 3.05) is 13.2 Å². The third-order valence-electron chi connectivity index (χ3n) is 3.59. The summed E-state index contributed by atoms with van der Waals surface area (Å²) >= 11 is 0. The van der Waals surface area contributed by atoms with Crippen LogP contribution in [-0.4, -0.2) is 42.2 Å². The predicted octanol–water partition coefficient (Wildman–Crippen LogP) is 2.00. The minimum Gasteiger partial charge on any atom is -0.466 e. The topological polar surface area (TPSA) is 75.6 Å². The van der Waals surface area contributed by atoms with Crippen molar-refractivity contribution in [1.82, 2.24) is 5.32 Å². The third kappa shape index (κ3) is 5.73. The summed E-state index contributed by atoms with van der Waals surface area (Å²) in [6.45, 7) is 5.20. The number of carbonyl (C=O) groups excluding carboxylic acids is 2. The number of rotatable bonds is 9. The van der Waals surface area contributed by atoms with Gasteiger partial charge < -0.3 is 15.2 Å². The first kappa shape index (κ1) is 19.3. The SMILES string of the molecule is CCOC(=O)CC(NC(CC)CO)C(=O)c1ccc(F)c(C)c1. The summed E-state index contributed by atoms with van der Waals surface area (Å²) in [5.41, 5.74) is 0.679. The van der Waals surface area contributed by atoms with Crippen LogP contribution in [0.5, 0.6) is 0 Å². The van der Waals surface area contributed by atoms with Crippen LogP contribution in [0.2, 0.25) is 0 Å². The van der Waals surface area contributed by atoms with Crippen LogP contribution in [0.25, 0.3) is 0 Å². The normalized spacial score (nSPS) is 13.4. The molecule has 2 N–H and O–H groups in total. The summed E-state index contributed by atoms with van der Waals surface area (Å²) < 4.78 is 18.3. The first-order chi connectivity index (χ1) is 10.9. The molecule has 0 saturated heterocycles. The van der Waals surface area contributed by atoms with Gasteiger partial charge in [-0.25, -0.2) is 4.39 Å². The van der Waals surface area contributed by atoms with E-state index in [9.17, 15) is 19.1 Å². The maximum Gasteiger partial charge on any atom is 0.307 e. The van der Waals surface area contributed by atoms with Gasteiger partial charge >= 0.3 is 5.97 Å². The van der Waals surface area contributed by atoms with Gasteiger partial charge in [-0.3, -0.25) is 9.59 Å². The Kier molecular flexibility index (Phi) is 7.85. The van der Waals surface area contributed by atoms with Crippen molar-refractivity contribution in [3.8, 4) is 0 Å². The molecule has 0 radical (unpaired) electrons. The van der Waals surface area contributed by atoms with Crippen molar-refractivity contribution in [2.45, 2.75) is 45.7 Å². The molecule has 0 fully saturated rings. The molecule has 0 heterocycles. The van der Waals surface area contributed by atoms with Crippen LogP contribution in [-0.2, 0) is 9.53 Å². The van der Waals surface area contributed by atoms with Gasteiger partial charge in [-0.2, -0.15) is 0 Å². The molecule has 0 saturated carbocycles. The molecule has 128 valence electrons. The molecule has 6 heteroatoms. The number of esters is 1. The van der Waals surface area contributed by atoms with Gasteiger partial charge in [0.25, 0.3) is 0 Å². The standard InChI is InChI=1S/C17H24FNO4/c1-4-13(10-20)19-15(9-16(21)23-5-2)17(22)12-6-7-14(18)11(3)8-12/h6-8,13,15,19-20H,4-5,9-10H2,1-3H3. The zero-order valence-corrected chi connectivity index (χ0v) is 13.8. The van der Waals surface area contributed by atoms with Crippen LogP contribution < -0.4 is 5.32 Å². The molecule has 0 spiro atoms. The number of hydrogen-bond donors (Lipinski definition) is 2. The molecule has 1 aromatic rings. The minimum absolute atomic E-state index is 0.139. The number of ether oxygens (including phenoxy) is 1. The van der Waals surface area contributed by atoms with Crippen molar-refractivity contribution >= 4 is 11.8 Å². The fraction of sp³-hybridized carbons (Fsp3) is 0.529. The summed E-state index contributed by atoms with van der Waals surface area (Å²) in [7, 11) is 0. The maximum atomic E-state index is 13.4. The number of ketones is 1. The fourth-order valence-corrected chi connectivity index (χ4v) is 2.20. The summed E-state index contributed by atoms with van der Waals surface area (Å²) in [5, 5.41) is 12.3. The van der Waals surface area contributed by atoms with Crippen LogP contribution in [0.4, 0.5) is 4.39 Å². The van der Waals surface area contributed by atoms with Gasteiger partial charge in [-0.1, -0.05) is 6.92 Å². The lowest BCUT2D eigenvalue weighted by Gasteiger charge is -2.22. The Morgan fingerprint density at radius 3 is 2.57 bits per heavy atom. The molecular formula is C17H24FNO4. The van der Waals surface area contributed by atoms with E-state index < -0.39 is 17.8 Å². The summed E-state index contributed by atoms with van der Waals surface area (Å²) in [6, 6.07) is 2.95. The Morgan fingerprint density at radius 1 is 1.35 bits per heavy atom. The van der Waals surface area contributed by atoms with Crippen LogP contribution in [0.1, 0.15) is 42.6 Å². The molecule has 0 bridgehead atoms. The van der Waals surface area contributed by atoms with Gasteiger partial charge in [-0.15, -0.1) is 0 Å². The van der Waals surface area contributed by atoms with Crippen molar-refractivity contribution in [2.24, 2.45) is 0 Å². The first-order valence-corrected chi connectivity index (χ1v) is 7.75. The summed E-state index contributed by atoms with van der Waals surface area (Å²) in [5.74, 6) is -1.21. The molecule has 5 nitrogen and oxygen atoms in total. The van der Waals surface area contributed by atoms with Crippen molar-refractivity contribution in [3.63, 3.8) is 0 Å². The molecule has 1 aromatic carbocycles. The third-order valence-corrected chi connectivity index (χ3v) is 3.59. The quantitative estimate of drug-likeness (QED) is 0.536. The number of aliphatic hydroxyl groups excluding tert-OH is 1. The second-order valence-corrected chi connectivity index (χ2v) is 5.34. The van der Waals surface area contributed by atoms with Crippen molar-refractivity contribution < 1.29 is 23.8 Å². The second-order valence-electron chi connectivity index (χ2n) is 5.34. The average Bonchev–Trinajstić information content (AvgIpc) is 2.53. The lowest BCUT2D eigenvalue weighted by Crippen LogP contribution is -2.46. The first-order valence-electron chi connectivity index (χ1n) is 7.75. The number of Topliss-reactive ketones (excluding diaryl/α,β-unsaturated/α-hetero) is 1. The van der Waals surface area contributed by atoms with Crippen molar-refractivity contribution in [3.05, 3.63) is 35.1 Å². The van der Waals surface area contributed by atoms with Gasteiger partial charge in [-0.05, 0) is 44.0 Å². The smallest absolute Gasteiger partial charge is 0.307 e. The highest BCUT2D eigenvalue weighted by molar-refractivity contribution is 6.02. The Hall–Kier alpha value is -1.79. The Bertz CT molecular complexity index is 543. The molecule has 0 amide bonds. The van der Waals surface area contributed by atoms with E-state index in [-0.39, 0.29) is 31.5 Å². The average molecular weight is 325 g/mol. The van der Waals surface area contributed by atoms with E-state index in [4.69, 9.17) is 4.74 Å². The monoisotopic (exact) mass is 325 g/mol. The second kappa shape index (κ2) is 9.37. The van der Waals surface area contributed by atoms with Crippen LogP contribution in [0, 0.1) is 12.7 Å².